The van der Waals surface area contributed by atoms with Crippen LogP contribution in [0.25, 0.3) is 0 Å². The molecule has 0 fully saturated rings. The minimum absolute atomic E-state index is 0.115. The molecule has 6 nitrogen and oxygen atoms in total. The minimum atomic E-state index is -0.823. The van der Waals surface area contributed by atoms with Crippen molar-refractivity contribution >= 4 is 17.9 Å². The zero-order valence-corrected chi connectivity index (χ0v) is 44.0. The van der Waals surface area contributed by atoms with Gasteiger partial charge in [-0.1, -0.05) is 218 Å². The van der Waals surface area contributed by atoms with Gasteiger partial charge in [0.25, 0.3) is 0 Å². The Morgan fingerprint density at radius 2 is 0.565 bits per heavy atom. The number of allylic oxidation sites excluding steroid dienone is 24. The molecule has 0 aliphatic rings. The maximum atomic E-state index is 12.8. The van der Waals surface area contributed by atoms with Crippen LogP contribution >= 0.6 is 0 Å². The van der Waals surface area contributed by atoms with Gasteiger partial charge in [-0.3, -0.25) is 14.4 Å². The largest absolute Gasteiger partial charge is 0.462 e. The second-order valence-electron chi connectivity index (χ2n) is 17.4. The molecule has 0 rings (SSSR count). The lowest BCUT2D eigenvalue weighted by Gasteiger charge is -2.18. The van der Waals surface area contributed by atoms with Gasteiger partial charge in [0, 0.05) is 19.3 Å². The van der Waals surface area contributed by atoms with E-state index in [9.17, 15) is 14.4 Å². The monoisotopic (exact) mass is 951 g/mol. The number of rotatable bonds is 47. The van der Waals surface area contributed by atoms with Crippen LogP contribution in [0.1, 0.15) is 213 Å². The molecule has 0 saturated carbocycles. The predicted octanol–water partition coefficient (Wildman–Crippen LogP) is 18.4. The molecule has 0 aliphatic carbocycles. The van der Waals surface area contributed by atoms with Crippen molar-refractivity contribution < 1.29 is 28.6 Å². The summed E-state index contributed by atoms with van der Waals surface area (Å²) in [6, 6.07) is 0. The quantitative estimate of drug-likeness (QED) is 0.0262. The molecule has 0 aromatic heterocycles. The first-order valence-electron chi connectivity index (χ1n) is 27.3. The lowest BCUT2D eigenvalue weighted by molar-refractivity contribution is -0.167. The van der Waals surface area contributed by atoms with E-state index in [2.05, 4.69) is 167 Å². The molecular formula is C63H98O6. The van der Waals surface area contributed by atoms with Gasteiger partial charge >= 0.3 is 17.9 Å². The van der Waals surface area contributed by atoms with E-state index in [1.165, 1.54) is 38.5 Å². The summed E-state index contributed by atoms with van der Waals surface area (Å²) in [4.78, 5) is 38.0. The minimum Gasteiger partial charge on any atom is -0.462 e. The zero-order chi connectivity index (χ0) is 50.0. The first-order valence-corrected chi connectivity index (χ1v) is 27.3. The van der Waals surface area contributed by atoms with Gasteiger partial charge in [0.2, 0.25) is 0 Å². The van der Waals surface area contributed by atoms with Crippen LogP contribution in [0.3, 0.4) is 0 Å². The summed E-state index contributed by atoms with van der Waals surface area (Å²) in [5.74, 6) is -1.02. The highest BCUT2D eigenvalue weighted by molar-refractivity contribution is 5.71. The Bertz CT molecular complexity index is 1560. The Morgan fingerprint density at radius 3 is 0.884 bits per heavy atom. The van der Waals surface area contributed by atoms with Crippen molar-refractivity contribution in [3.05, 3.63) is 146 Å². The standard InChI is InChI=1S/C63H98O6/c1-4-7-10-13-16-19-21-23-25-27-29-31-33-35-37-39-41-44-47-50-53-56-62(65)68-59-60(58-67-61(64)55-52-49-46-43-18-15-12-9-6-3)69-63(66)57-54-51-48-45-42-40-38-36-34-32-30-28-26-24-22-20-17-14-11-8-5-2/h7-8,10-11,16-17,19-20,23-26,29-32,35-38,41-42,44-45,60H,4-6,9,12-15,18,21-22,27-28,33-34,39-40,43,46-59H2,1-3H3/b10-7-,11-8-,19-16-,20-17-,25-23-,26-24-,31-29-,32-30-,37-35-,38-36-,44-41-,45-42-. The van der Waals surface area contributed by atoms with E-state index in [0.29, 0.717) is 19.3 Å². The summed E-state index contributed by atoms with van der Waals surface area (Å²) in [7, 11) is 0. The normalized spacial score (nSPS) is 13.3. The molecule has 0 radical (unpaired) electrons. The van der Waals surface area contributed by atoms with Gasteiger partial charge in [-0.05, 0) is 122 Å². The first kappa shape index (κ1) is 64.3. The van der Waals surface area contributed by atoms with Crippen molar-refractivity contribution in [2.45, 2.75) is 219 Å². The lowest BCUT2D eigenvalue weighted by atomic mass is 10.1. The second kappa shape index (κ2) is 55.9. The number of carbonyl (C=O) groups excluding carboxylic acids is 3. The van der Waals surface area contributed by atoms with Crippen LogP contribution in [0.4, 0.5) is 0 Å². The van der Waals surface area contributed by atoms with E-state index in [4.69, 9.17) is 14.2 Å². The molecule has 386 valence electrons. The number of unbranched alkanes of at least 4 members (excludes halogenated alkanes) is 12. The average Bonchev–Trinajstić information content (AvgIpc) is 3.35. The van der Waals surface area contributed by atoms with Crippen molar-refractivity contribution in [3.63, 3.8) is 0 Å². The first-order chi connectivity index (χ1) is 34.0. The molecule has 0 amide bonds. The van der Waals surface area contributed by atoms with Gasteiger partial charge in [0.05, 0.1) is 0 Å². The molecule has 0 aromatic rings. The van der Waals surface area contributed by atoms with Gasteiger partial charge in [-0.25, -0.2) is 0 Å². The predicted molar refractivity (Wildman–Crippen MR) is 297 cm³/mol. The van der Waals surface area contributed by atoms with E-state index >= 15 is 0 Å². The fraction of sp³-hybridized carbons (Fsp3) is 0.571. The molecule has 0 N–H and O–H groups in total. The molecule has 1 atom stereocenters. The molecule has 1 unspecified atom stereocenters. The Hall–Kier alpha value is -4.71. The fourth-order valence-electron chi connectivity index (χ4n) is 6.80. The van der Waals surface area contributed by atoms with Crippen molar-refractivity contribution in [1.82, 2.24) is 0 Å². The Kier molecular flexibility index (Phi) is 52.1. The number of ether oxygens (including phenoxy) is 3. The molecule has 0 aliphatic heterocycles. The topological polar surface area (TPSA) is 78.9 Å². The maximum absolute atomic E-state index is 12.8. The van der Waals surface area contributed by atoms with Gasteiger partial charge in [0.15, 0.2) is 6.10 Å². The van der Waals surface area contributed by atoms with Crippen LogP contribution in [0.5, 0.6) is 0 Å². The molecule has 69 heavy (non-hydrogen) atoms. The molecule has 0 spiro atoms. The third-order valence-electron chi connectivity index (χ3n) is 10.8. The molecular weight excluding hydrogens is 853 g/mol. The van der Waals surface area contributed by atoms with E-state index in [1.54, 1.807) is 0 Å². The SMILES string of the molecule is CC/C=C\C/C=C\C/C=C\C/C=C\C/C=C\C/C=C\CCCCC(=O)OCC(COC(=O)CCCCCCCCCCC)OC(=O)CCCC/C=C\C/C=C\C/C=C\C/C=C\C/C=C\C/C=C\CC. The lowest BCUT2D eigenvalue weighted by Crippen LogP contribution is -2.30. The van der Waals surface area contributed by atoms with Crippen molar-refractivity contribution in [1.29, 1.82) is 0 Å². The van der Waals surface area contributed by atoms with Crippen molar-refractivity contribution in [2.24, 2.45) is 0 Å². The summed E-state index contributed by atoms with van der Waals surface area (Å²) in [6.45, 7) is 6.29. The van der Waals surface area contributed by atoms with Crippen molar-refractivity contribution in [3.8, 4) is 0 Å². The highest BCUT2D eigenvalue weighted by atomic mass is 16.6. The molecule has 0 bridgehead atoms. The van der Waals surface area contributed by atoms with E-state index in [0.717, 1.165) is 122 Å². The number of hydrogen-bond donors (Lipinski definition) is 0. The van der Waals surface area contributed by atoms with E-state index in [1.807, 2.05) is 0 Å². The van der Waals surface area contributed by atoms with Gasteiger partial charge < -0.3 is 14.2 Å². The highest BCUT2D eigenvalue weighted by Crippen LogP contribution is 2.12. The van der Waals surface area contributed by atoms with Crippen LogP contribution in [-0.2, 0) is 28.6 Å². The van der Waals surface area contributed by atoms with E-state index < -0.39 is 6.10 Å². The summed E-state index contributed by atoms with van der Waals surface area (Å²) in [5, 5.41) is 0. The van der Waals surface area contributed by atoms with Gasteiger partial charge in [-0.15, -0.1) is 0 Å². The Morgan fingerprint density at radius 1 is 0.304 bits per heavy atom. The summed E-state index contributed by atoms with van der Waals surface area (Å²) in [6.07, 6.45) is 79.9. The highest BCUT2D eigenvalue weighted by Gasteiger charge is 2.19. The average molecular weight is 951 g/mol. The fourth-order valence-corrected chi connectivity index (χ4v) is 6.80. The van der Waals surface area contributed by atoms with Crippen LogP contribution in [0.15, 0.2) is 146 Å². The maximum Gasteiger partial charge on any atom is 0.306 e. The Balaban J connectivity index is 4.50. The molecule has 0 aromatic carbocycles. The summed E-state index contributed by atoms with van der Waals surface area (Å²) >= 11 is 0. The third-order valence-corrected chi connectivity index (χ3v) is 10.8. The zero-order valence-electron chi connectivity index (χ0n) is 44.0. The molecule has 0 heterocycles. The van der Waals surface area contributed by atoms with Crippen LogP contribution in [-0.4, -0.2) is 37.2 Å². The smallest absolute Gasteiger partial charge is 0.306 e. The Labute approximate surface area is 423 Å². The third kappa shape index (κ3) is 54.1. The van der Waals surface area contributed by atoms with Crippen LogP contribution in [0, 0.1) is 0 Å². The van der Waals surface area contributed by atoms with Crippen LogP contribution in [0.2, 0.25) is 0 Å². The number of carbonyl (C=O) groups is 3. The van der Waals surface area contributed by atoms with Crippen LogP contribution < -0.4 is 0 Å². The second-order valence-corrected chi connectivity index (χ2v) is 17.4. The van der Waals surface area contributed by atoms with Gasteiger partial charge in [-0.2, -0.15) is 0 Å². The van der Waals surface area contributed by atoms with E-state index in [-0.39, 0.29) is 44.0 Å². The van der Waals surface area contributed by atoms with Gasteiger partial charge in [0.1, 0.15) is 13.2 Å². The molecule has 0 saturated heterocycles. The number of hydrogen-bond acceptors (Lipinski definition) is 6. The summed E-state index contributed by atoms with van der Waals surface area (Å²) < 4.78 is 16.7. The summed E-state index contributed by atoms with van der Waals surface area (Å²) in [5.41, 5.74) is 0. The number of esters is 3. The van der Waals surface area contributed by atoms with Crippen molar-refractivity contribution in [2.75, 3.05) is 13.2 Å². The molecule has 6 heteroatoms.